The van der Waals surface area contributed by atoms with E-state index < -0.39 is 15.8 Å². The SMILES string of the molecule is Cc1cc(C(c2cc(C)c(C)cc2[N+](=O)[O-])C(C)C)c([N+](=O)[O-])cc1C. The molecule has 6 heteroatoms. The zero-order valence-corrected chi connectivity index (χ0v) is 16.0. The van der Waals surface area contributed by atoms with E-state index in [0.29, 0.717) is 11.1 Å². The Bertz CT molecular complexity index is 818. The molecule has 0 aliphatic rings. The van der Waals surface area contributed by atoms with Gasteiger partial charge in [0.25, 0.3) is 11.4 Å². The first kappa shape index (κ1) is 19.6. The number of hydrogen-bond donors (Lipinski definition) is 0. The van der Waals surface area contributed by atoms with Gasteiger partial charge in [0.05, 0.1) is 9.85 Å². The molecule has 26 heavy (non-hydrogen) atoms. The van der Waals surface area contributed by atoms with Crippen molar-refractivity contribution in [1.82, 2.24) is 0 Å². The van der Waals surface area contributed by atoms with Gasteiger partial charge in [-0.25, -0.2) is 0 Å². The number of nitrogens with zero attached hydrogens (tertiary/aromatic N) is 2. The summed E-state index contributed by atoms with van der Waals surface area (Å²) in [4.78, 5) is 22.5. The molecular weight excluding hydrogens is 332 g/mol. The molecule has 0 aliphatic carbocycles. The van der Waals surface area contributed by atoms with Crippen LogP contribution in [0.25, 0.3) is 0 Å². The monoisotopic (exact) mass is 356 g/mol. The Balaban J connectivity index is 2.85. The molecule has 0 saturated carbocycles. The summed E-state index contributed by atoms with van der Waals surface area (Å²) in [5.41, 5.74) is 4.61. The molecule has 0 heterocycles. The molecule has 0 unspecified atom stereocenters. The van der Waals surface area contributed by atoms with Crippen LogP contribution in [-0.4, -0.2) is 9.85 Å². The molecule has 0 bridgehead atoms. The van der Waals surface area contributed by atoms with Crippen molar-refractivity contribution in [3.8, 4) is 0 Å². The summed E-state index contributed by atoms with van der Waals surface area (Å²) in [6.07, 6.45) is 0. The Labute approximate surface area is 153 Å². The van der Waals surface area contributed by atoms with Crippen molar-refractivity contribution >= 4 is 11.4 Å². The normalized spacial score (nSPS) is 11.2. The van der Waals surface area contributed by atoms with Crippen LogP contribution < -0.4 is 0 Å². The zero-order chi connectivity index (χ0) is 19.8. The maximum absolute atomic E-state index is 11.7. The standard InChI is InChI=1S/C20H24N2O4/c1-11(2)20(16-7-12(3)14(5)9-18(16)21(23)24)17-8-13(4)15(6)10-19(17)22(25)26/h7-11,20H,1-6H3. The predicted molar refractivity (Wildman–Crippen MR) is 102 cm³/mol. The van der Waals surface area contributed by atoms with Gasteiger partial charge in [0, 0.05) is 29.2 Å². The molecule has 138 valence electrons. The lowest BCUT2D eigenvalue weighted by Crippen LogP contribution is -2.14. The minimum Gasteiger partial charge on any atom is -0.258 e. The summed E-state index contributed by atoms with van der Waals surface area (Å²) in [5, 5.41) is 23.3. The van der Waals surface area contributed by atoms with Crippen LogP contribution in [-0.2, 0) is 0 Å². The van der Waals surface area contributed by atoms with E-state index in [1.54, 1.807) is 24.3 Å². The fraction of sp³-hybridized carbons (Fsp3) is 0.400. The fourth-order valence-corrected chi connectivity index (χ4v) is 3.35. The second-order valence-electron chi connectivity index (χ2n) is 7.23. The highest BCUT2D eigenvalue weighted by Crippen LogP contribution is 2.42. The van der Waals surface area contributed by atoms with E-state index >= 15 is 0 Å². The summed E-state index contributed by atoms with van der Waals surface area (Å²) >= 11 is 0. The van der Waals surface area contributed by atoms with Crippen molar-refractivity contribution in [1.29, 1.82) is 0 Å². The number of rotatable bonds is 5. The van der Waals surface area contributed by atoms with Crippen LogP contribution in [0.2, 0.25) is 0 Å². The van der Waals surface area contributed by atoms with Crippen molar-refractivity contribution in [2.24, 2.45) is 5.92 Å². The molecule has 0 fully saturated rings. The summed E-state index contributed by atoms with van der Waals surface area (Å²) in [7, 11) is 0. The molecule has 0 spiro atoms. The number of aryl methyl sites for hydroxylation is 4. The highest BCUT2D eigenvalue weighted by atomic mass is 16.6. The molecule has 6 nitrogen and oxygen atoms in total. The molecule has 0 amide bonds. The van der Waals surface area contributed by atoms with Crippen LogP contribution in [0, 0.1) is 53.8 Å². The number of benzene rings is 2. The first-order valence-electron chi connectivity index (χ1n) is 8.55. The Kier molecular flexibility index (Phi) is 5.44. The Hall–Kier alpha value is -2.76. The van der Waals surface area contributed by atoms with Crippen molar-refractivity contribution in [2.45, 2.75) is 47.5 Å². The second kappa shape index (κ2) is 7.23. The minimum atomic E-state index is -0.436. The Morgan fingerprint density at radius 2 is 1.00 bits per heavy atom. The van der Waals surface area contributed by atoms with E-state index in [0.717, 1.165) is 22.3 Å². The van der Waals surface area contributed by atoms with Gasteiger partial charge in [-0.2, -0.15) is 0 Å². The molecule has 0 N–H and O–H groups in total. The van der Waals surface area contributed by atoms with E-state index in [1.165, 1.54) is 0 Å². The number of nitro groups is 2. The van der Waals surface area contributed by atoms with Crippen molar-refractivity contribution in [3.63, 3.8) is 0 Å². The summed E-state index contributed by atoms with van der Waals surface area (Å²) < 4.78 is 0. The van der Waals surface area contributed by atoms with E-state index in [9.17, 15) is 20.2 Å². The van der Waals surface area contributed by atoms with Crippen molar-refractivity contribution in [2.75, 3.05) is 0 Å². The largest absolute Gasteiger partial charge is 0.273 e. The van der Waals surface area contributed by atoms with Gasteiger partial charge >= 0.3 is 0 Å². The molecule has 2 aromatic carbocycles. The van der Waals surface area contributed by atoms with Gasteiger partial charge in [-0.1, -0.05) is 13.8 Å². The lowest BCUT2D eigenvalue weighted by molar-refractivity contribution is -0.387. The summed E-state index contributed by atoms with van der Waals surface area (Å²) in [5.74, 6) is -0.481. The van der Waals surface area contributed by atoms with Crippen molar-refractivity contribution in [3.05, 3.63) is 77.9 Å². The summed E-state index contributed by atoms with van der Waals surface area (Å²) in [6.45, 7) is 11.3. The molecule has 0 atom stereocenters. The Morgan fingerprint density at radius 3 is 1.27 bits per heavy atom. The van der Waals surface area contributed by atoms with Crippen LogP contribution in [0.4, 0.5) is 11.4 Å². The second-order valence-corrected chi connectivity index (χ2v) is 7.23. The maximum Gasteiger partial charge on any atom is 0.273 e. The maximum atomic E-state index is 11.7. The third kappa shape index (κ3) is 3.59. The lowest BCUT2D eigenvalue weighted by Gasteiger charge is -2.23. The smallest absolute Gasteiger partial charge is 0.258 e. The van der Waals surface area contributed by atoms with Crippen LogP contribution in [0.1, 0.15) is 53.1 Å². The third-order valence-corrected chi connectivity index (χ3v) is 5.02. The van der Waals surface area contributed by atoms with E-state index in [1.807, 2.05) is 41.5 Å². The van der Waals surface area contributed by atoms with Gasteiger partial charge in [0.2, 0.25) is 0 Å². The average Bonchev–Trinajstić information content (AvgIpc) is 2.52. The zero-order valence-electron chi connectivity index (χ0n) is 16.0. The average molecular weight is 356 g/mol. The van der Waals surface area contributed by atoms with Crippen LogP contribution in [0.3, 0.4) is 0 Å². The first-order valence-corrected chi connectivity index (χ1v) is 8.55. The number of hydrogen-bond acceptors (Lipinski definition) is 4. The first-order chi connectivity index (χ1) is 12.0. The molecular formula is C20H24N2O4. The van der Waals surface area contributed by atoms with Gasteiger partial charge in [-0.15, -0.1) is 0 Å². The van der Waals surface area contributed by atoms with Gasteiger partial charge < -0.3 is 0 Å². The molecule has 2 aromatic rings. The number of nitro benzene ring substituents is 2. The molecule has 0 radical (unpaired) electrons. The highest BCUT2D eigenvalue weighted by molar-refractivity contribution is 5.57. The molecule has 0 aliphatic heterocycles. The van der Waals surface area contributed by atoms with Gasteiger partial charge in [-0.05, 0) is 68.0 Å². The lowest BCUT2D eigenvalue weighted by atomic mass is 9.79. The van der Waals surface area contributed by atoms with Gasteiger partial charge in [0.1, 0.15) is 0 Å². The topological polar surface area (TPSA) is 86.3 Å². The molecule has 0 saturated heterocycles. The van der Waals surface area contributed by atoms with Gasteiger partial charge in [0.15, 0.2) is 0 Å². The highest BCUT2D eigenvalue weighted by Gasteiger charge is 2.32. The van der Waals surface area contributed by atoms with Crippen molar-refractivity contribution < 1.29 is 9.85 Å². The fourth-order valence-electron chi connectivity index (χ4n) is 3.35. The molecule has 2 rings (SSSR count). The quantitative estimate of drug-likeness (QED) is 0.521. The van der Waals surface area contributed by atoms with Crippen LogP contribution >= 0.6 is 0 Å². The summed E-state index contributed by atoms with van der Waals surface area (Å²) in [6, 6.07) is 6.73. The van der Waals surface area contributed by atoms with E-state index in [2.05, 4.69) is 0 Å². The van der Waals surface area contributed by atoms with E-state index in [-0.39, 0.29) is 17.3 Å². The van der Waals surface area contributed by atoms with E-state index in [4.69, 9.17) is 0 Å². The minimum absolute atomic E-state index is 0.0133. The molecule has 0 aromatic heterocycles. The Morgan fingerprint density at radius 1 is 0.692 bits per heavy atom. The van der Waals surface area contributed by atoms with Crippen LogP contribution in [0.15, 0.2) is 24.3 Å². The third-order valence-electron chi connectivity index (χ3n) is 5.02. The van der Waals surface area contributed by atoms with Gasteiger partial charge in [-0.3, -0.25) is 20.2 Å². The van der Waals surface area contributed by atoms with Crippen LogP contribution in [0.5, 0.6) is 0 Å². The predicted octanol–water partition coefficient (Wildman–Crippen LogP) is 5.52.